The SMILES string of the molecule is O=C(O)C(O)C(C(=O)O)c1cc2ccccc2[nH]1. The van der Waals surface area contributed by atoms with Crippen LogP contribution in [0.25, 0.3) is 10.9 Å². The molecule has 0 aliphatic carbocycles. The molecule has 0 radical (unpaired) electrons. The van der Waals surface area contributed by atoms with Crippen LogP contribution in [-0.2, 0) is 9.59 Å². The molecule has 0 saturated heterocycles. The van der Waals surface area contributed by atoms with Gasteiger partial charge in [0.2, 0.25) is 0 Å². The lowest BCUT2D eigenvalue weighted by atomic mass is 9.99. The van der Waals surface area contributed by atoms with Crippen LogP contribution >= 0.6 is 0 Å². The van der Waals surface area contributed by atoms with Crippen molar-refractivity contribution in [3.05, 3.63) is 36.0 Å². The number of aliphatic hydroxyl groups excluding tert-OH is 1. The van der Waals surface area contributed by atoms with Crippen molar-refractivity contribution < 1.29 is 24.9 Å². The molecule has 1 heterocycles. The molecule has 0 aliphatic rings. The zero-order valence-corrected chi connectivity index (χ0v) is 9.20. The number of nitrogens with one attached hydrogen (secondary N) is 1. The van der Waals surface area contributed by atoms with Gasteiger partial charge in [-0.05, 0) is 17.5 Å². The van der Waals surface area contributed by atoms with Crippen molar-refractivity contribution in [2.24, 2.45) is 0 Å². The number of hydrogen-bond donors (Lipinski definition) is 4. The molecule has 4 N–H and O–H groups in total. The highest BCUT2D eigenvalue weighted by Crippen LogP contribution is 2.24. The smallest absolute Gasteiger partial charge is 0.333 e. The van der Waals surface area contributed by atoms with Crippen LogP contribution < -0.4 is 0 Å². The molecule has 0 fully saturated rings. The summed E-state index contributed by atoms with van der Waals surface area (Å²) >= 11 is 0. The lowest BCUT2D eigenvalue weighted by molar-refractivity contribution is -0.155. The Balaban J connectivity index is 2.48. The normalized spacial score (nSPS) is 14.3. The zero-order valence-electron chi connectivity index (χ0n) is 9.20. The molecule has 0 aliphatic heterocycles. The second kappa shape index (κ2) is 4.50. The molecular formula is C12H11NO5. The van der Waals surface area contributed by atoms with Crippen molar-refractivity contribution in [2.45, 2.75) is 12.0 Å². The first-order valence-electron chi connectivity index (χ1n) is 5.22. The largest absolute Gasteiger partial charge is 0.481 e. The van der Waals surface area contributed by atoms with Gasteiger partial charge in [-0.1, -0.05) is 18.2 Å². The number of aromatic amines is 1. The van der Waals surface area contributed by atoms with Gasteiger partial charge in [-0.3, -0.25) is 4.79 Å². The molecule has 2 aromatic rings. The van der Waals surface area contributed by atoms with E-state index in [9.17, 15) is 14.7 Å². The summed E-state index contributed by atoms with van der Waals surface area (Å²) in [6, 6.07) is 8.59. The van der Waals surface area contributed by atoms with Gasteiger partial charge in [-0.15, -0.1) is 0 Å². The van der Waals surface area contributed by atoms with Crippen LogP contribution in [0.15, 0.2) is 30.3 Å². The molecule has 0 spiro atoms. The van der Waals surface area contributed by atoms with E-state index in [2.05, 4.69) is 4.98 Å². The van der Waals surface area contributed by atoms with Crippen molar-refractivity contribution >= 4 is 22.8 Å². The third-order valence-corrected chi connectivity index (χ3v) is 2.72. The molecular weight excluding hydrogens is 238 g/mol. The lowest BCUT2D eigenvalue weighted by Crippen LogP contribution is -2.33. The summed E-state index contributed by atoms with van der Waals surface area (Å²) in [5.41, 5.74) is 0.856. The molecule has 6 heteroatoms. The average molecular weight is 249 g/mol. The van der Waals surface area contributed by atoms with Crippen LogP contribution in [0.2, 0.25) is 0 Å². The number of para-hydroxylation sites is 1. The molecule has 6 nitrogen and oxygen atoms in total. The Labute approximate surface area is 101 Å². The summed E-state index contributed by atoms with van der Waals surface area (Å²) in [7, 11) is 0. The van der Waals surface area contributed by atoms with Gasteiger partial charge in [-0.25, -0.2) is 4.79 Å². The molecule has 0 amide bonds. The summed E-state index contributed by atoms with van der Waals surface area (Å²) in [4.78, 5) is 24.6. The minimum atomic E-state index is -1.99. The Kier molecular flexibility index (Phi) is 3.03. The van der Waals surface area contributed by atoms with Gasteiger partial charge < -0.3 is 20.3 Å². The van der Waals surface area contributed by atoms with E-state index >= 15 is 0 Å². The molecule has 2 atom stereocenters. The minimum absolute atomic E-state index is 0.165. The number of aliphatic hydroxyl groups is 1. The quantitative estimate of drug-likeness (QED) is 0.640. The Morgan fingerprint density at radius 2 is 1.78 bits per heavy atom. The summed E-state index contributed by atoms with van der Waals surface area (Å²) in [5.74, 6) is -4.48. The van der Waals surface area contributed by atoms with Crippen molar-refractivity contribution in [3.63, 3.8) is 0 Å². The number of rotatable bonds is 4. The van der Waals surface area contributed by atoms with Gasteiger partial charge in [0, 0.05) is 11.2 Å². The van der Waals surface area contributed by atoms with Crippen LogP contribution in [0.5, 0.6) is 0 Å². The van der Waals surface area contributed by atoms with Crippen LogP contribution in [0, 0.1) is 0 Å². The number of H-pyrrole nitrogens is 1. The third-order valence-electron chi connectivity index (χ3n) is 2.72. The molecule has 1 aromatic carbocycles. The molecule has 2 rings (SSSR count). The third kappa shape index (κ3) is 2.05. The van der Waals surface area contributed by atoms with Crippen LogP contribution in [0.3, 0.4) is 0 Å². The van der Waals surface area contributed by atoms with Crippen molar-refractivity contribution in [1.82, 2.24) is 4.98 Å². The second-order valence-electron chi connectivity index (χ2n) is 3.91. The Morgan fingerprint density at radius 3 is 2.33 bits per heavy atom. The highest BCUT2D eigenvalue weighted by molar-refractivity contribution is 5.88. The van der Waals surface area contributed by atoms with E-state index in [0.717, 1.165) is 5.39 Å². The maximum absolute atomic E-state index is 11.1. The standard InChI is InChI=1S/C12H11NO5/c14-10(12(17)18)9(11(15)16)8-5-6-3-1-2-4-7(6)13-8/h1-5,9-10,13-14H,(H,15,16)(H,17,18). The number of carboxylic acid groups (broad SMARTS) is 2. The summed E-state index contributed by atoms with van der Waals surface area (Å²) in [5, 5.41) is 27.9. The molecule has 18 heavy (non-hydrogen) atoms. The second-order valence-corrected chi connectivity index (χ2v) is 3.91. The van der Waals surface area contributed by atoms with E-state index < -0.39 is 24.0 Å². The molecule has 0 saturated carbocycles. The monoisotopic (exact) mass is 249 g/mol. The summed E-state index contributed by atoms with van der Waals surface area (Å²) in [6.45, 7) is 0. The van der Waals surface area contributed by atoms with E-state index in [-0.39, 0.29) is 5.69 Å². The van der Waals surface area contributed by atoms with Crippen molar-refractivity contribution in [1.29, 1.82) is 0 Å². The first-order chi connectivity index (χ1) is 8.50. The van der Waals surface area contributed by atoms with E-state index in [0.29, 0.717) is 5.52 Å². The minimum Gasteiger partial charge on any atom is -0.481 e. The number of aromatic nitrogens is 1. The molecule has 1 aromatic heterocycles. The summed E-state index contributed by atoms with van der Waals surface area (Å²) in [6.07, 6.45) is -1.99. The first-order valence-corrected chi connectivity index (χ1v) is 5.22. The fourth-order valence-corrected chi connectivity index (χ4v) is 1.84. The lowest BCUT2D eigenvalue weighted by Gasteiger charge is -2.13. The Bertz CT molecular complexity index is 570. The Hall–Kier alpha value is -2.34. The first kappa shape index (κ1) is 12.1. The van der Waals surface area contributed by atoms with Gasteiger partial charge in [0.25, 0.3) is 0 Å². The van der Waals surface area contributed by atoms with Crippen molar-refractivity contribution in [3.8, 4) is 0 Å². The Morgan fingerprint density at radius 1 is 1.11 bits per heavy atom. The summed E-state index contributed by atoms with van der Waals surface area (Å²) < 4.78 is 0. The fraction of sp³-hybridized carbons (Fsp3) is 0.167. The van der Waals surface area contributed by atoms with Gasteiger partial charge >= 0.3 is 11.9 Å². The van der Waals surface area contributed by atoms with Crippen LogP contribution in [-0.4, -0.2) is 38.3 Å². The maximum Gasteiger partial charge on any atom is 0.333 e. The molecule has 2 unspecified atom stereocenters. The number of aliphatic carboxylic acids is 2. The number of carbonyl (C=O) groups is 2. The van der Waals surface area contributed by atoms with E-state index in [4.69, 9.17) is 10.2 Å². The molecule has 0 bridgehead atoms. The predicted octanol–water partition coefficient (Wildman–Crippen LogP) is 0.782. The van der Waals surface area contributed by atoms with E-state index in [1.807, 2.05) is 0 Å². The number of carboxylic acids is 2. The van der Waals surface area contributed by atoms with Gasteiger partial charge in [0.15, 0.2) is 6.10 Å². The van der Waals surface area contributed by atoms with Crippen molar-refractivity contribution in [2.75, 3.05) is 0 Å². The number of hydrogen-bond acceptors (Lipinski definition) is 3. The highest BCUT2D eigenvalue weighted by atomic mass is 16.4. The van der Waals surface area contributed by atoms with E-state index in [1.54, 1.807) is 24.3 Å². The average Bonchev–Trinajstić information content (AvgIpc) is 2.71. The highest BCUT2D eigenvalue weighted by Gasteiger charge is 2.34. The van der Waals surface area contributed by atoms with Gasteiger partial charge in [0.05, 0.1) is 0 Å². The number of benzene rings is 1. The van der Waals surface area contributed by atoms with Crippen LogP contribution in [0.4, 0.5) is 0 Å². The molecule has 94 valence electrons. The predicted molar refractivity (Wildman–Crippen MR) is 62.3 cm³/mol. The number of fused-ring (bicyclic) bond motifs is 1. The van der Waals surface area contributed by atoms with Crippen LogP contribution in [0.1, 0.15) is 11.6 Å². The maximum atomic E-state index is 11.1. The van der Waals surface area contributed by atoms with Gasteiger partial charge in [0.1, 0.15) is 5.92 Å². The topological polar surface area (TPSA) is 111 Å². The zero-order chi connectivity index (χ0) is 13.3. The van der Waals surface area contributed by atoms with E-state index in [1.165, 1.54) is 6.07 Å². The fourth-order valence-electron chi connectivity index (χ4n) is 1.84. The van der Waals surface area contributed by atoms with Gasteiger partial charge in [-0.2, -0.15) is 0 Å².